The molecule has 0 bridgehead atoms. The van der Waals surface area contributed by atoms with Crippen LogP contribution in [0.5, 0.6) is 0 Å². The molecule has 1 aromatic heterocycles. The lowest BCUT2D eigenvalue weighted by atomic mass is 10.2. The van der Waals surface area contributed by atoms with Crippen LogP contribution in [-0.2, 0) is 0 Å². The maximum Gasteiger partial charge on any atom is 0.271 e. The van der Waals surface area contributed by atoms with Gasteiger partial charge in [-0.2, -0.15) is 0 Å². The molecule has 0 radical (unpaired) electrons. The first-order valence-corrected chi connectivity index (χ1v) is 7.44. The summed E-state index contributed by atoms with van der Waals surface area (Å²) in [6.07, 6.45) is 2.42. The number of nitro groups is 1. The number of nitrogens with one attached hydrogen (secondary N) is 1. The van der Waals surface area contributed by atoms with Gasteiger partial charge in [0.25, 0.3) is 5.69 Å². The fourth-order valence-electron chi connectivity index (χ4n) is 2.50. The number of aromatic nitrogens is 1. The van der Waals surface area contributed by atoms with Crippen LogP contribution in [0.1, 0.15) is 12.8 Å². The third-order valence-corrected chi connectivity index (χ3v) is 4.70. The topological polar surface area (TPSA) is 71.3 Å². The normalized spacial score (nSPS) is 18.6. The highest BCUT2D eigenvalue weighted by Gasteiger charge is 2.18. The van der Waals surface area contributed by atoms with E-state index in [0.717, 1.165) is 22.9 Å². The first-order chi connectivity index (χ1) is 9.63. The Morgan fingerprint density at radius 2 is 2.45 bits per heavy atom. The maximum atomic E-state index is 10.8. The van der Waals surface area contributed by atoms with Crippen molar-refractivity contribution in [2.75, 3.05) is 25.0 Å². The van der Waals surface area contributed by atoms with Gasteiger partial charge in [-0.05, 0) is 25.5 Å². The van der Waals surface area contributed by atoms with Crippen molar-refractivity contribution < 1.29 is 4.92 Å². The molecule has 1 aliphatic rings. The van der Waals surface area contributed by atoms with Crippen LogP contribution in [0.4, 0.5) is 10.8 Å². The molecule has 2 aromatic rings. The summed E-state index contributed by atoms with van der Waals surface area (Å²) in [5, 5.41) is 15.2. The van der Waals surface area contributed by atoms with E-state index in [0.29, 0.717) is 11.6 Å². The smallest absolute Gasteiger partial charge is 0.271 e. The molecule has 0 amide bonds. The molecule has 0 spiro atoms. The predicted octanol–water partition coefficient (Wildman–Crippen LogP) is 2.39. The van der Waals surface area contributed by atoms with Gasteiger partial charge < -0.3 is 10.2 Å². The molecule has 1 atom stereocenters. The monoisotopic (exact) mass is 292 g/mol. The number of nitrogens with zero attached hydrogens (tertiary/aromatic N) is 3. The van der Waals surface area contributed by atoms with Gasteiger partial charge in [0.15, 0.2) is 5.13 Å². The number of nitro benzene ring substituents is 1. The second kappa shape index (κ2) is 5.34. The van der Waals surface area contributed by atoms with Crippen LogP contribution >= 0.6 is 11.3 Å². The molecule has 2 heterocycles. The Kier molecular flexibility index (Phi) is 3.54. The van der Waals surface area contributed by atoms with Crippen molar-refractivity contribution in [3.05, 3.63) is 28.3 Å². The molecule has 7 heteroatoms. The first-order valence-electron chi connectivity index (χ1n) is 6.63. The van der Waals surface area contributed by atoms with Gasteiger partial charge in [-0.25, -0.2) is 4.98 Å². The molecule has 1 aliphatic heterocycles. The second-order valence-corrected chi connectivity index (χ2v) is 6.09. The van der Waals surface area contributed by atoms with Crippen molar-refractivity contribution in [3.8, 4) is 0 Å². The number of anilines is 1. The summed E-state index contributed by atoms with van der Waals surface area (Å²) in [4.78, 5) is 17.0. The number of fused-ring (bicyclic) bond motifs is 1. The first kappa shape index (κ1) is 13.3. The van der Waals surface area contributed by atoms with Gasteiger partial charge in [-0.3, -0.25) is 10.1 Å². The summed E-state index contributed by atoms with van der Waals surface area (Å²) in [5.41, 5.74) is 0.792. The van der Waals surface area contributed by atoms with E-state index in [2.05, 4.69) is 15.2 Å². The second-order valence-electron chi connectivity index (χ2n) is 5.08. The Morgan fingerprint density at radius 1 is 1.60 bits per heavy atom. The molecule has 0 aliphatic carbocycles. The Labute approximate surface area is 120 Å². The number of non-ortho nitro benzene ring substituents is 1. The summed E-state index contributed by atoms with van der Waals surface area (Å²) in [5.74, 6) is 0. The Hall–Kier alpha value is -1.73. The van der Waals surface area contributed by atoms with Gasteiger partial charge >= 0.3 is 0 Å². The zero-order valence-corrected chi connectivity index (χ0v) is 12.0. The molecule has 1 unspecified atom stereocenters. The highest BCUT2D eigenvalue weighted by molar-refractivity contribution is 7.22. The fraction of sp³-hybridized carbons (Fsp3) is 0.462. The number of benzene rings is 1. The average molecular weight is 292 g/mol. The quantitative estimate of drug-likeness (QED) is 0.692. The summed E-state index contributed by atoms with van der Waals surface area (Å²) in [6.45, 7) is 2.01. The minimum atomic E-state index is -0.384. The van der Waals surface area contributed by atoms with E-state index in [1.165, 1.54) is 25.0 Å². The highest BCUT2D eigenvalue weighted by atomic mass is 32.1. The molecule has 1 fully saturated rings. The predicted molar refractivity (Wildman–Crippen MR) is 80.6 cm³/mol. The highest BCUT2D eigenvalue weighted by Crippen LogP contribution is 2.30. The van der Waals surface area contributed by atoms with E-state index in [-0.39, 0.29) is 10.6 Å². The lowest BCUT2D eigenvalue weighted by Crippen LogP contribution is -2.35. The van der Waals surface area contributed by atoms with Crippen molar-refractivity contribution in [1.29, 1.82) is 0 Å². The van der Waals surface area contributed by atoms with E-state index < -0.39 is 0 Å². The Bertz CT molecular complexity index is 636. The van der Waals surface area contributed by atoms with E-state index >= 15 is 0 Å². The molecule has 0 saturated carbocycles. The molecular formula is C13H16N4O2S. The molecule has 106 valence electrons. The number of likely N-dealkylation sites (N-methyl/N-ethyl adjacent to an activating group) is 1. The number of hydrogen-bond acceptors (Lipinski definition) is 6. The van der Waals surface area contributed by atoms with Crippen LogP contribution in [0.3, 0.4) is 0 Å². The summed E-state index contributed by atoms with van der Waals surface area (Å²) < 4.78 is 0.983. The van der Waals surface area contributed by atoms with Crippen molar-refractivity contribution in [1.82, 2.24) is 10.3 Å². The third kappa shape index (κ3) is 2.59. The average Bonchev–Trinajstić information content (AvgIpc) is 3.05. The van der Waals surface area contributed by atoms with Crippen LogP contribution in [0.25, 0.3) is 10.2 Å². The molecule has 3 rings (SSSR count). The number of rotatable bonds is 4. The van der Waals surface area contributed by atoms with Crippen molar-refractivity contribution in [2.45, 2.75) is 18.9 Å². The summed E-state index contributed by atoms with van der Waals surface area (Å²) in [7, 11) is 2.02. The van der Waals surface area contributed by atoms with Crippen LogP contribution in [0.15, 0.2) is 18.2 Å². The maximum absolute atomic E-state index is 10.8. The van der Waals surface area contributed by atoms with Gasteiger partial charge in [-0.1, -0.05) is 11.3 Å². The molecular weight excluding hydrogens is 276 g/mol. The lowest BCUT2D eigenvalue weighted by molar-refractivity contribution is -0.384. The van der Waals surface area contributed by atoms with E-state index in [1.54, 1.807) is 17.4 Å². The van der Waals surface area contributed by atoms with Gasteiger partial charge in [0.05, 0.1) is 15.1 Å². The number of thiazole rings is 1. The van der Waals surface area contributed by atoms with Crippen LogP contribution in [0.2, 0.25) is 0 Å². The van der Waals surface area contributed by atoms with E-state index in [1.807, 2.05) is 7.05 Å². The minimum Gasteiger partial charge on any atom is -0.350 e. The Balaban J connectivity index is 1.82. The zero-order valence-electron chi connectivity index (χ0n) is 11.2. The largest absolute Gasteiger partial charge is 0.350 e. The van der Waals surface area contributed by atoms with E-state index in [4.69, 9.17) is 0 Å². The Morgan fingerprint density at radius 3 is 3.15 bits per heavy atom. The molecule has 6 nitrogen and oxygen atoms in total. The van der Waals surface area contributed by atoms with Crippen molar-refractivity contribution >= 4 is 32.4 Å². The fourth-order valence-corrected chi connectivity index (χ4v) is 3.42. The third-order valence-electron chi connectivity index (χ3n) is 3.55. The van der Waals surface area contributed by atoms with Crippen LogP contribution in [-0.4, -0.2) is 36.1 Å². The SMILES string of the molecule is CN(CC1CCCN1)c1nc2cc([N+](=O)[O-])ccc2s1. The van der Waals surface area contributed by atoms with E-state index in [9.17, 15) is 10.1 Å². The van der Waals surface area contributed by atoms with Crippen LogP contribution < -0.4 is 10.2 Å². The van der Waals surface area contributed by atoms with Crippen molar-refractivity contribution in [2.24, 2.45) is 0 Å². The molecule has 1 aromatic carbocycles. The standard InChI is InChI=1S/C13H16N4O2S/c1-16(8-9-3-2-6-14-9)13-15-11-7-10(17(18)19)4-5-12(11)20-13/h4-5,7,9,14H,2-3,6,8H2,1H3. The summed E-state index contributed by atoms with van der Waals surface area (Å²) in [6, 6.07) is 5.36. The zero-order chi connectivity index (χ0) is 14.1. The van der Waals surface area contributed by atoms with Gasteiger partial charge in [0, 0.05) is 31.8 Å². The lowest BCUT2D eigenvalue weighted by Gasteiger charge is -2.20. The minimum absolute atomic E-state index is 0.0921. The molecule has 20 heavy (non-hydrogen) atoms. The van der Waals surface area contributed by atoms with Gasteiger partial charge in [-0.15, -0.1) is 0 Å². The van der Waals surface area contributed by atoms with Crippen LogP contribution in [0, 0.1) is 10.1 Å². The molecule has 1 saturated heterocycles. The van der Waals surface area contributed by atoms with Crippen molar-refractivity contribution in [3.63, 3.8) is 0 Å². The number of hydrogen-bond donors (Lipinski definition) is 1. The van der Waals surface area contributed by atoms with Gasteiger partial charge in [0.2, 0.25) is 0 Å². The van der Waals surface area contributed by atoms with Gasteiger partial charge in [0.1, 0.15) is 0 Å². The summed E-state index contributed by atoms with van der Waals surface area (Å²) >= 11 is 1.57. The molecule has 1 N–H and O–H groups in total.